The lowest BCUT2D eigenvalue weighted by Gasteiger charge is -2.37. The molecule has 0 unspecified atom stereocenters. The van der Waals surface area contributed by atoms with Crippen LogP contribution < -0.4 is 4.90 Å². The van der Waals surface area contributed by atoms with Crippen LogP contribution in [0.3, 0.4) is 0 Å². The van der Waals surface area contributed by atoms with Crippen molar-refractivity contribution in [1.29, 1.82) is 0 Å². The minimum atomic E-state index is -0.360. The minimum Gasteiger partial charge on any atom is -0.372 e. The van der Waals surface area contributed by atoms with Crippen molar-refractivity contribution in [2.45, 2.75) is 33.0 Å². The van der Waals surface area contributed by atoms with Gasteiger partial charge in [-0.15, -0.1) is 0 Å². The number of hydrogen-bond acceptors (Lipinski definition) is 4. The fraction of sp³-hybridized carbons (Fsp3) is 0.538. The molecular weight excluding hydrogens is 232 g/mol. The normalized spacial score (nSPS) is 24.1. The molecule has 0 bridgehead atoms. The first-order valence-corrected chi connectivity index (χ1v) is 6.13. The number of rotatable bonds is 2. The first-order chi connectivity index (χ1) is 8.47. The van der Waals surface area contributed by atoms with Gasteiger partial charge in [-0.3, -0.25) is 10.1 Å². The molecule has 0 saturated carbocycles. The topological polar surface area (TPSA) is 55.6 Å². The zero-order valence-corrected chi connectivity index (χ0v) is 10.9. The molecule has 2 rings (SSSR count). The van der Waals surface area contributed by atoms with Gasteiger partial charge in [-0.2, -0.15) is 0 Å². The highest BCUT2D eigenvalue weighted by atomic mass is 16.6. The average molecular weight is 250 g/mol. The second kappa shape index (κ2) is 4.94. The van der Waals surface area contributed by atoms with Crippen LogP contribution in [0.15, 0.2) is 18.2 Å². The fourth-order valence-corrected chi connectivity index (χ4v) is 2.48. The molecule has 1 aromatic rings. The smallest absolute Gasteiger partial charge is 0.269 e. The summed E-state index contributed by atoms with van der Waals surface area (Å²) in [5, 5.41) is 10.7. The van der Waals surface area contributed by atoms with Gasteiger partial charge in [-0.05, 0) is 32.4 Å². The predicted octanol–water partition coefficient (Wildman–Crippen LogP) is 2.52. The molecule has 0 aromatic heterocycles. The van der Waals surface area contributed by atoms with Crippen LogP contribution in [0.25, 0.3) is 0 Å². The number of anilines is 1. The second-order valence-corrected chi connectivity index (χ2v) is 4.89. The summed E-state index contributed by atoms with van der Waals surface area (Å²) < 4.78 is 5.69. The monoisotopic (exact) mass is 250 g/mol. The van der Waals surface area contributed by atoms with E-state index in [4.69, 9.17) is 4.74 Å². The number of benzene rings is 1. The van der Waals surface area contributed by atoms with Gasteiger partial charge in [0.1, 0.15) is 0 Å². The van der Waals surface area contributed by atoms with E-state index in [0.717, 1.165) is 24.3 Å². The first kappa shape index (κ1) is 12.8. The average Bonchev–Trinajstić information content (AvgIpc) is 2.27. The molecule has 0 radical (unpaired) electrons. The number of morpholine rings is 1. The maximum atomic E-state index is 10.7. The number of ether oxygens (including phenoxy) is 1. The quantitative estimate of drug-likeness (QED) is 0.598. The fourth-order valence-electron chi connectivity index (χ4n) is 2.48. The van der Waals surface area contributed by atoms with E-state index in [9.17, 15) is 10.1 Å². The Hall–Kier alpha value is -1.62. The van der Waals surface area contributed by atoms with Gasteiger partial charge in [-0.25, -0.2) is 0 Å². The number of non-ortho nitro benzene ring substituents is 1. The number of nitrogens with zero attached hydrogens (tertiary/aromatic N) is 2. The summed E-state index contributed by atoms with van der Waals surface area (Å²) in [6.45, 7) is 7.64. The molecule has 1 heterocycles. The Kier molecular flexibility index (Phi) is 3.52. The van der Waals surface area contributed by atoms with Gasteiger partial charge in [0.05, 0.1) is 17.1 Å². The molecule has 1 aliphatic rings. The van der Waals surface area contributed by atoms with Crippen LogP contribution in [0.5, 0.6) is 0 Å². The first-order valence-electron chi connectivity index (χ1n) is 6.13. The highest BCUT2D eigenvalue weighted by molar-refractivity contribution is 5.57. The minimum absolute atomic E-state index is 0.144. The summed E-state index contributed by atoms with van der Waals surface area (Å²) in [5.74, 6) is 0. The molecule has 98 valence electrons. The zero-order chi connectivity index (χ0) is 13.3. The Balaban J connectivity index is 2.25. The van der Waals surface area contributed by atoms with E-state index in [0.29, 0.717) is 0 Å². The Bertz CT molecular complexity index is 452. The third-order valence-corrected chi connectivity index (χ3v) is 3.15. The third kappa shape index (κ3) is 2.61. The van der Waals surface area contributed by atoms with Crippen LogP contribution in [0.4, 0.5) is 11.4 Å². The summed E-state index contributed by atoms with van der Waals surface area (Å²) in [7, 11) is 0. The Morgan fingerprint density at radius 2 is 1.94 bits per heavy atom. The lowest BCUT2D eigenvalue weighted by Crippen LogP contribution is -2.45. The van der Waals surface area contributed by atoms with Gasteiger partial charge in [0.15, 0.2) is 0 Å². The van der Waals surface area contributed by atoms with Gasteiger partial charge in [0.25, 0.3) is 5.69 Å². The van der Waals surface area contributed by atoms with Crippen molar-refractivity contribution >= 4 is 11.4 Å². The van der Waals surface area contributed by atoms with Gasteiger partial charge >= 0.3 is 0 Å². The van der Waals surface area contributed by atoms with Crippen molar-refractivity contribution < 1.29 is 9.66 Å². The van der Waals surface area contributed by atoms with Crippen molar-refractivity contribution in [3.8, 4) is 0 Å². The van der Waals surface area contributed by atoms with Crippen LogP contribution in [0.1, 0.15) is 19.4 Å². The summed E-state index contributed by atoms with van der Waals surface area (Å²) in [6, 6.07) is 5.02. The zero-order valence-electron chi connectivity index (χ0n) is 10.9. The van der Waals surface area contributed by atoms with Crippen LogP contribution in [0, 0.1) is 17.0 Å². The number of aryl methyl sites for hydroxylation is 1. The molecule has 1 saturated heterocycles. The van der Waals surface area contributed by atoms with Gasteiger partial charge in [-0.1, -0.05) is 0 Å². The standard InChI is InChI=1S/C13H18N2O3/c1-9-6-12(15(16)17)4-5-13(9)14-7-10(2)18-11(3)8-14/h4-6,10-11H,7-8H2,1-3H3/t10-,11-/m1/s1. The molecule has 18 heavy (non-hydrogen) atoms. The van der Waals surface area contributed by atoms with E-state index in [-0.39, 0.29) is 22.8 Å². The lowest BCUT2D eigenvalue weighted by molar-refractivity contribution is -0.384. The largest absolute Gasteiger partial charge is 0.372 e. The molecule has 0 aliphatic carbocycles. The summed E-state index contributed by atoms with van der Waals surface area (Å²) in [6.07, 6.45) is 0.367. The SMILES string of the molecule is Cc1cc([N+](=O)[O-])ccc1N1C[C@@H](C)O[C@H](C)C1. The van der Waals surface area contributed by atoms with Crippen LogP contribution in [-0.4, -0.2) is 30.2 Å². The molecular formula is C13H18N2O3. The van der Waals surface area contributed by atoms with Gasteiger partial charge < -0.3 is 9.64 Å². The predicted molar refractivity (Wildman–Crippen MR) is 70.1 cm³/mol. The lowest BCUT2D eigenvalue weighted by atomic mass is 10.1. The number of hydrogen-bond donors (Lipinski definition) is 0. The Morgan fingerprint density at radius 3 is 2.44 bits per heavy atom. The van der Waals surface area contributed by atoms with Crippen molar-refractivity contribution in [2.75, 3.05) is 18.0 Å². The van der Waals surface area contributed by atoms with Gasteiger partial charge in [0, 0.05) is 30.9 Å². The van der Waals surface area contributed by atoms with Crippen LogP contribution in [0.2, 0.25) is 0 Å². The Morgan fingerprint density at radius 1 is 1.33 bits per heavy atom. The Labute approximate surface area is 107 Å². The molecule has 0 spiro atoms. The molecule has 2 atom stereocenters. The summed E-state index contributed by atoms with van der Waals surface area (Å²) >= 11 is 0. The molecule has 1 aliphatic heterocycles. The highest BCUT2D eigenvalue weighted by Crippen LogP contribution is 2.27. The van der Waals surface area contributed by atoms with Crippen molar-refractivity contribution in [3.05, 3.63) is 33.9 Å². The molecule has 0 amide bonds. The van der Waals surface area contributed by atoms with E-state index >= 15 is 0 Å². The maximum Gasteiger partial charge on any atom is 0.269 e. The molecule has 0 N–H and O–H groups in total. The summed E-state index contributed by atoms with van der Waals surface area (Å²) in [4.78, 5) is 12.6. The van der Waals surface area contributed by atoms with E-state index in [2.05, 4.69) is 4.90 Å². The number of nitro groups is 1. The van der Waals surface area contributed by atoms with E-state index < -0.39 is 0 Å². The maximum absolute atomic E-state index is 10.7. The molecule has 5 nitrogen and oxygen atoms in total. The van der Waals surface area contributed by atoms with Gasteiger partial charge in [0.2, 0.25) is 0 Å². The van der Waals surface area contributed by atoms with Crippen molar-refractivity contribution in [3.63, 3.8) is 0 Å². The second-order valence-electron chi connectivity index (χ2n) is 4.89. The van der Waals surface area contributed by atoms with Crippen LogP contribution >= 0.6 is 0 Å². The van der Waals surface area contributed by atoms with Crippen LogP contribution in [-0.2, 0) is 4.74 Å². The van der Waals surface area contributed by atoms with E-state index in [1.807, 2.05) is 26.8 Å². The van der Waals surface area contributed by atoms with Crippen molar-refractivity contribution in [2.24, 2.45) is 0 Å². The molecule has 5 heteroatoms. The van der Waals surface area contributed by atoms with Crippen molar-refractivity contribution in [1.82, 2.24) is 0 Å². The molecule has 1 aromatic carbocycles. The van der Waals surface area contributed by atoms with E-state index in [1.165, 1.54) is 0 Å². The molecule has 1 fully saturated rings. The number of nitro benzene ring substituents is 1. The third-order valence-electron chi connectivity index (χ3n) is 3.15. The van der Waals surface area contributed by atoms with E-state index in [1.54, 1.807) is 12.1 Å². The highest BCUT2D eigenvalue weighted by Gasteiger charge is 2.23. The summed E-state index contributed by atoms with van der Waals surface area (Å²) in [5.41, 5.74) is 2.14.